The Morgan fingerprint density at radius 1 is 1.44 bits per heavy atom. The van der Waals surface area contributed by atoms with Gasteiger partial charge in [-0.25, -0.2) is 0 Å². The summed E-state index contributed by atoms with van der Waals surface area (Å²) < 4.78 is 0.763. The number of anilines is 2. The van der Waals surface area contributed by atoms with E-state index in [-0.39, 0.29) is 5.25 Å². The maximum atomic E-state index is 8.73. The maximum absolute atomic E-state index is 8.73. The third-order valence-corrected chi connectivity index (χ3v) is 4.23. The van der Waals surface area contributed by atoms with Gasteiger partial charge in [0, 0.05) is 0 Å². The van der Waals surface area contributed by atoms with E-state index in [2.05, 4.69) is 21.6 Å². The van der Waals surface area contributed by atoms with E-state index in [0.717, 1.165) is 10.0 Å². The van der Waals surface area contributed by atoms with E-state index < -0.39 is 0 Å². The Labute approximate surface area is 118 Å². The van der Waals surface area contributed by atoms with Crippen LogP contribution in [0.5, 0.6) is 0 Å². The van der Waals surface area contributed by atoms with Crippen LogP contribution in [0.25, 0.3) is 0 Å². The van der Waals surface area contributed by atoms with Crippen LogP contribution in [0.3, 0.4) is 0 Å². The summed E-state index contributed by atoms with van der Waals surface area (Å²) in [4.78, 5) is 0. The molecule has 0 saturated carbocycles. The van der Waals surface area contributed by atoms with Crippen LogP contribution >= 0.6 is 34.7 Å². The topological polar surface area (TPSA) is 61.6 Å². The number of nitrogens with one attached hydrogen (secondary N) is 1. The average molecular weight is 297 g/mol. The molecule has 0 saturated heterocycles. The molecule has 0 aliphatic carbocycles. The molecule has 0 aliphatic heterocycles. The smallest absolute Gasteiger partial charge is 0.210 e. The summed E-state index contributed by atoms with van der Waals surface area (Å²) in [5, 5.41) is 21.0. The molecule has 4 nitrogen and oxygen atoms in total. The molecule has 1 N–H and O–H groups in total. The lowest BCUT2D eigenvalue weighted by molar-refractivity contribution is 1.01. The highest BCUT2D eigenvalue weighted by atomic mass is 35.5. The first-order valence-electron chi connectivity index (χ1n) is 5.10. The van der Waals surface area contributed by atoms with E-state index in [9.17, 15) is 0 Å². The molecule has 92 valence electrons. The molecule has 2 rings (SSSR count). The van der Waals surface area contributed by atoms with Gasteiger partial charge in [-0.3, -0.25) is 0 Å². The molecule has 7 heteroatoms. The van der Waals surface area contributed by atoms with Gasteiger partial charge in [-0.15, -0.1) is 10.2 Å². The molecule has 1 aromatic carbocycles. The molecule has 0 unspecified atom stereocenters. The van der Waals surface area contributed by atoms with E-state index in [1.54, 1.807) is 6.07 Å². The molecule has 2 aromatic rings. The molecule has 18 heavy (non-hydrogen) atoms. The van der Waals surface area contributed by atoms with Gasteiger partial charge >= 0.3 is 0 Å². The second-order valence-electron chi connectivity index (χ2n) is 3.37. The van der Waals surface area contributed by atoms with Crippen molar-refractivity contribution in [1.29, 1.82) is 5.26 Å². The van der Waals surface area contributed by atoms with E-state index in [1.165, 1.54) is 23.1 Å². The van der Waals surface area contributed by atoms with Crippen molar-refractivity contribution in [1.82, 2.24) is 10.2 Å². The fourth-order valence-electron chi connectivity index (χ4n) is 1.16. The molecule has 1 atom stereocenters. The number of thioether (sulfide) groups is 1. The predicted octanol–water partition coefficient (Wildman–Crippen LogP) is 3.94. The fourth-order valence-corrected chi connectivity index (χ4v) is 3.14. The van der Waals surface area contributed by atoms with Crippen LogP contribution in [0.4, 0.5) is 10.8 Å². The zero-order valence-electron chi connectivity index (χ0n) is 9.42. The van der Waals surface area contributed by atoms with Crippen LogP contribution in [-0.2, 0) is 0 Å². The van der Waals surface area contributed by atoms with Crippen molar-refractivity contribution in [3.8, 4) is 6.07 Å². The average Bonchev–Trinajstić information content (AvgIpc) is 2.79. The minimum Gasteiger partial charge on any atom is -0.329 e. The number of halogens is 1. The predicted molar refractivity (Wildman–Crippen MR) is 75.6 cm³/mol. The van der Waals surface area contributed by atoms with Gasteiger partial charge in [0.2, 0.25) is 5.13 Å². The van der Waals surface area contributed by atoms with Gasteiger partial charge < -0.3 is 5.32 Å². The number of para-hydroxylation sites is 1. The van der Waals surface area contributed by atoms with Crippen LogP contribution in [0.15, 0.2) is 28.6 Å². The van der Waals surface area contributed by atoms with Crippen LogP contribution in [0.2, 0.25) is 5.02 Å². The number of aromatic nitrogens is 2. The zero-order chi connectivity index (χ0) is 13.0. The van der Waals surface area contributed by atoms with Crippen LogP contribution in [0.1, 0.15) is 6.92 Å². The van der Waals surface area contributed by atoms with Crippen molar-refractivity contribution < 1.29 is 0 Å². The van der Waals surface area contributed by atoms with Crippen molar-refractivity contribution in [2.24, 2.45) is 0 Å². The van der Waals surface area contributed by atoms with Gasteiger partial charge in [0.15, 0.2) is 4.34 Å². The Morgan fingerprint density at radius 3 is 2.94 bits per heavy atom. The first-order valence-corrected chi connectivity index (χ1v) is 7.18. The molecule has 0 radical (unpaired) electrons. The summed E-state index contributed by atoms with van der Waals surface area (Å²) in [6.45, 7) is 1.83. The lowest BCUT2D eigenvalue weighted by Gasteiger charge is -2.02. The number of hydrogen-bond donors (Lipinski definition) is 1. The molecule has 0 aliphatic rings. The quantitative estimate of drug-likeness (QED) is 0.866. The van der Waals surface area contributed by atoms with Crippen LogP contribution in [-0.4, -0.2) is 15.4 Å². The van der Waals surface area contributed by atoms with Gasteiger partial charge in [-0.1, -0.05) is 46.8 Å². The molecular formula is C11H9ClN4S2. The highest BCUT2D eigenvalue weighted by Crippen LogP contribution is 2.31. The summed E-state index contributed by atoms with van der Waals surface area (Å²) in [6.07, 6.45) is 0. The summed E-state index contributed by atoms with van der Waals surface area (Å²) in [7, 11) is 0. The van der Waals surface area contributed by atoms with Crippen molar-refractivity contribution in [2.75, 3.05) is 5.32 Å². The van der Waals surface area contributed by atoms with Crippen molar-refractivity contribution in [2.45, 2.75) is 16.5 Å². The van der Waals surface area contributed by atoms with Crippen LogP contribution in [0, 0.1) is 11.3 Å². The van der Waals surface area contributed by atoms with Gasteiger partial charge in [0.05, 0.1) is 22.0 Å². The molecule has 0 bridgehead atoms. The lowest BCUT2D eigenvalue weighted by atomic mass is 10.3. The summed E-state index contributed by atoms with van der Waals surface area (Å²) in [5.74, 6) is 0. The van der Waals surface area contributed by atoms with Crippen LogP contribution < -0.4 is 5.32 Å². The van der Waals surface area contributed by atoms with E-state index in [1.807, 2.05) is 25.1 Å². The Balaban J connectivity index is 2.08. The number of nitriles is 1. The van der Waals surface area contributed by atoms with E-state index in [4.69, 9.17) is 16.9 Å². The third-order valence-electron chi connectivity index (χ3n) is 1.98. The molecule has 0 spiro atoms. The maximum Gasteiger partial charge on any atom is 0.210 e. The fraction of sp³-hybridized carbons (Fsp3) is 0.182. The molecule has 0 amide bonds. The minimum absolute atomic E-state index is 0.133. The second-order valence-corrected chi connectivity index (χ2v) is 6.34. The molecule has 0 fully saturated rings. The van der Waals surface area contributed by atoms with Gasteiger partial charge in [-0.05, 0) is 19.1 Å². The van der Waals surface area contributed by atoms with Gasteiger partial charge in [0.1, 0.15) is 0 Å². The van der Waals surface area contributed by atoms with Gasteiger partial charge in [-0.2, -0.15) is 5.26 Å². The SMILES string of the molecule is C[C@H](C#N)Sc1nnc(Nc2ccccc2Cl)s1. The van der Waals surface area contributed by atoms with Crippen molar-refractivity contribution >= 4 is 45.5 Å². The number of hydrogen-bond acceptors (Lipinski definition) is 6. The van der Waals surface area contributed by atoms with Gasteiger partial charge in [0.25, 0.3) is 0 Å². The summed E-state index contributed by atoms with van der Waals surface area (Å²) in [5.41, 5.74) is 0.792. The zero-order valence-corrected chi connectivity index (χ0v) is 11.8. The largest absolute Gasteiger partial charge is 0.329 e. The second kappa shape index (κ2) is 6.05. The van der Waals surface area contributed by atoms with Crippen molar-refractivity contribution in [3.05, 3.63) is 29.3 Å². The number of rotatable bonds is 4. The Morgan fingerprint density at radius 2 is 2.22 bits per heavy atom. The third kappa shape index (κ3) is 3.35. The number of nitrogens with zero attached hydrogens (tertiary/aromatic N) is 3. The Hall–Kier alpha value is -1.29. The normalized spacial score (nSPS) is 11.8. The first-order chi connectivity index (χ1) is 8.69. The minimum atomic E-state index is -0.133. The highest BCUT2D eigenvalue weighted by Gasteiger charge is 2.09. The highest BCUT2D eigenvalue weighted by molar-refractivity contribution is 8.01. The van der Waals surface area contributed by atoms with Crippen molar-refractivity contribution in [3.63, 3.8) is 0 Å². The lowest BCUT2D eigenvalue weighted by Crippen LogP contribution is -1.89. The Kier molecular flexibility index (Phi) is 4.42. The standard InChI is InChI=1S/C11H9ClN4S2/c1-7(6-13)17-11-16-15-10(18-11)14-9-5-3-2-4-8(9)12/h2-5,7H,1H3,(H,14,15)/t7-/m1/s1. The summed E-state index contributed by atoms with van der Waals surface area (Å²) in [6, 6.07) is 9.57. The van der Waals surface area contributed by atoms with E-state index >= 15 is 0 Å². The molecule has 1 aromatic heterocycles. The molecule has 1 heterocycles. The number of benzene rings is 1. The first kappa shape index (κ1) is 13.1. The monoisotopic (exact) mass is 296 g/mol. The Bertz CT molecular complexity index is 578. The molecular weight excluding hydrogens is 288 g/mol. The van der Waals surface area contributed by atoms with E-state index in [0.29, 0.717) is 10.2 Å². The summed E-state index contributed by atoms with van der Waals surface area (Å²) >= 11 is 8.82.